The van der Waals surface area contributed by atoms with Crippen LogP contribution < -0.4 is 29.5 Å². The van der Waals surface area contributed by atoms with Crippen molar-refractivity contribution in [3.63, 3.8) is 0 Å². The summed E-state index contributed by atoms with van der Waals surface area (Å²) in [5.74, 6) is 4.31. The number of hydrogen-bond acceptors (Lipinski definition) is 6. The maximum absolute atomic E-state index is 10.8. The standard InChI is InChI=1S/3C12H10O2.Mn/c3*13-10-6-8-12(9-7-10)14-11-4-2-1-3-5-11;/h3*1-9,13H;/q;;;+3/p-3. The maximum atomic E-state index is 10.8. The van der Waals surface area contributed by atoms with Gasteiger partial charge in [0.05, 0.1) is 0 Å². The molecule has 0 unspecified atom stereocenters. The molecule has 43 heavy (non-hydrogen) atoms. The fourth-order valence-corrected chi connectivity index (χ4v) is 3.40. The van der Waals surface area contributed by atoms with Gasteiger partial charge in [0.2, 0.25) is 0 Å². The second-order valence-electron chi connectivity index (χ2n) is 8.66. The first-order valence-corrected chi connectivity index (χ1v) is 13.0. The molecule has 0 atom stereocenters. The van der Waals surface area contributed by atoms with E-state index in [4.69, 9.17) is 14.2 Å². The first kappa shape index (κ1) is 32.2. The Bertz CT molecular complexity index is 1380. The third kappa shape index (κ3) is 12.0. The summed E-state index contributed by atoms with van der Waals surface area (Å²) in [5.41, 5.74) is 0. The van der Waals surface area contributed by atoms with E-state index in [0.29, 0.717) is 17.2 Å². The van der Waals surface area contributed by atoms with Gasteiger partial charge in [-0.3, -0.25) is 0 Å². The molecule has 0 aromatic heterocycles. The Morgan fingerprint density at radius 2 is 0.442 bits per heavy atom. The van der Waals surface area contributed by atoms with Crippen LogP contribution in [-0.2, 0) is 17.1 Å². The predicted molar refractivity (Wildman–Crippen MR) is 157 cm³/mol. The number of benzene rings is 6. The Morgan fingerprint density at radius 1 is 0.256 bits per heavy atom. The molecule has 0 N–H and O–H groups in total. The number of para-hydroxylation sites is 3. The van der Waals surface area contributed by atoms with Crippen LogP contribution in [0.2, 0.25) is 0 Å². The van der Waals surface area contributed by atoms with Crippen LogP contribution in [-0.4, -0.2) is 0 Å². The summed E-state index contributed by atoms with van der Waals surface area (Å²) >= 11 is 0. The van der Waals surface area contributed by atoms with Crippen LogP contribution >= 0.6 is 0 Å². The average molecular weight is 611 g/mol. The molecule has 0 aliphatic rings. The minimum absolute atomic E-state index is 0. The zero-order valence-corrected chi connectivity index (χ0v) is 24.1. The van der Waals surface area contributed by atoms with Crippen molar-refractivity contribution in [2.45, 2.75) is 0 Å². The van der Waals surface area contributed by atoms with Gasteiger partial charge in [0.15, 0.2) is 0 Å². The van der Waals surface area contributed by atoms with Gasteiger partial charge in [0.1, 0.15) is 34.5 Å². The Hall–Kier alpha value is -5.36. The SMILES string of the molecule is [Mn+3].[O-]c1ccc(Oc2ccccc2)cc1.[O-]c1ccc(Oc2ccccc2)cc1.[O-]c1ccc(Oc2ccccc2)cc1. The monoisotopic (exact) mass is 610 g/mol. The molecule has 0 saturated carbocycles. The second-order valence-corrected chi connectivity index (χ2v) is 8.66. The van der Waals surface area contributed by atoms with Crippen LogP contribution in [0.5, 0.6) is 51.7 Å². The number of ether oxygens (including phenoxy) is 3. The minimum Gasteiger partial charge on any atom is -0.872 e. The van der Waals surface area contributed by atoms with E-state index >= 15 is 0 Å². The first-order valence-electron chi connectivity index (χ1n) is 13.0. The van der Waals surface area contributed by atoms with Gasteiger partial charge in [0.25, 0.3) is 0 Å². The molecule has 0 aliphatic carbocycles. The molecule has 214 valence electrons. The Morgan fingerprint density at radius 3 is 0.651 bits per heavy atom. The van der Waals surface area contributed by atoms with Gasteiger partial charge in [-0.2, -0.15) is 0 Å². The molecule has 7 heteroatoms. The van der Waals surface area contributed by atoms with Crippen molar-refractivity contribution in [2.75, 3.05) is 0 Å². The number of hydrogen-bond donors (Lipinski definition) is 0. The third-order valence-electron chi connectivity index (χ3n) is 5.41. The molecular weight excluding hydrogens is 583 g/mol. The molecule has 0 fully saturated rings. The van der Waals surface area contributed by atoms with Crippen molar-refractivity contribution in [1.82, 2.24) is 0 Å². The van der Waals surface area contributed by atoms with E-state index in [1.54, 1.807) is 36.4 Å². The molecule has 6 nitrogen and oxygen atoms in total. The van der Waals surface area contributed by atoms with Crippen LogP contribution in [0.4, 0.5) is 0 Å². The normalized spacial score (nSPS) is 9.49. The second kappa shape index (κ2) is 17.5. The van der Waals surface area contributed by atoms with E-state index < -0.39 is 0 Å². The molecule has 0 heterocycles. The Balaban J connectivity index is 0.000000175. The van der Waals surface area contributed by atoms with Crippen molar-refractivity contribution in [1.29, 1.82) is 0 Å². The quantitative estimate of drug-likeness (QED) is 0.180. The van der Waals surface area contributed by atoms with Crippen molar-refractivity contribution >= 4 is 0 Å². The minimum atomic E-state index is -0.00888. The summed E-state index contributed by atoms with van der Waals surface area (Å²) in [4.78, 5) is 0. The molecule has 0 aliphatic heterocycles. The fourth-order valence-electron chi connectivity index (χ4n) is 3.40. The zero-order valence-electron chi connectivity index (χ0n) is 22.9. The van der Waals surface area contributed by atoms with Gasteiger partial charge in [0, 0.05) is 0 Å². The summed E-state index contributed by atoms with van der Waals surface area (Å²) in [6.07, 6.45) is 0. The van der Waals surface area contributed by atoms with Gasteiger partial charge in [-0.25, -0.2) is 0 Å². The predicted octanol–water partition coefficient (Wildman–Crippen LogP) is 7.66. The largest absolute Gasteiger partial charge is 3.00 e. The Labute approximate surface area is 261 Å². The van der Waals surface area contributed by atoms with Gasteiger partial charge < -0.3 is 29.5 Å². The van der Waals surface area contributed by atoms with Crippen molar-refractivity contribution in [2.24, 2.45) is 0 Å². The summed E-state index contributed by atoms with van der Waals surface area (Å²) in [7, 11) is 0. The third-order valence-corrected chi connectivity index (χ3v) is 5.41. The van der Waals surface area contributed by atoms with Gasteiger partial charge in [-0.1, -0.05) is 91.0 Å². The van der Waals surface area contributed by atoms with E-state index in [2.05, 4.69) is 0 Å². The average Bonchev–Trinajstić information content (AvgIpc) is 3.03. The molecule has 0 bridgehead atoms. The fraction of sp³-hybridized carbons (Fsp3) is 0. The zero-order chi connectivity index (χ0) is 29.4. The first-order chi connectivity index (χ1) is 20.5. The van der Waals surface area contributed by atoms with Crippen molar-refractivity contribution in [3.8, 4) is 51.7 Å². The summed E-state index contributed by atoms with van der Waals surface area (Å²) in [6.45, 7) is 0. The van der Waals surface area contributed by atoms with Gasteiger partial charge >= 0.3 is 17.1 Å². The van der Waals surface area contributed by atoms with Crippen LogP contribution in [0.25, 0.3) is 0 Å². The van der Waals surface area contributed by atoms with E-state index in [-0.39, 0.29) is 34.3 Å². The van der Waals surface area contributed by atoms with Crippen LogP contribution in [0.15, 0.2) is 164 Å². The molecule has 0 saturated heterocycles. The molecule has 6 rings (SSSR count). The van der Waals surface area contributed by atoms with Crippen LogP contribution in [0, 0.1) is 0 Å². The van der Waals surface area contributed by atoms with Gasteiger partial charge in [-0.05, 0) is 72.8 Å². The molecule has 6 aromatic rings. The van der Waals surface area contributed by atoms with Crippen molar-refractivity contribution < 1.29 is 46.6 Å². The van der Waals surface area contributed by atoms with Crippen LogP contribution in [0.1, 0.15) is 0 Å². The van der Waals surface area contributed by atoms with Gasteiger partial charge in [-0.15, -0.1) is 17.2 Å². The number of rotatable bonds is 6. The molecule has 0 spiro atoms. The summed E-state index contributed by atoms with van der Waals surface area (Å²) < 4.78 is 16.5. The van der Waals surface area contributed by atoms with Crippen molar-refractivity contribution in [3.05, 3.63) is 164 Å². The topological polar surface area (TPSA) is 96.9 Å². The summed E-state index contributed by atoms with van der Waals surface area (Å²) in [5, 5.41) is 32.5. The molecule has 0 amide bonds. The molecule has 6 aromatic carbocycles. The van der Waals surface area contributed by atoms with E-state index in [9.17, 15) is 15.3 Å². The van der Waals surface area contributed by atoms with E-state index in [1.165, 1.54) is 36.4 Å². The smallest absolute Gasteiger partial charge is 0.872 e. The van der Waals surface area contributed by atoms with E-state index in [1.807, 2.05) is 91.0 Å². The van der Waals surface area contributed by atoms with Crippen LogP contribution in [0.3, 0.4) is 0 Å². The Kier molecular flexibility index (Phi) is 13.1. The van der Waals surface area contributed by atoms with E-state index in [0.717, 1.165) is 17.2 Å². The summed E-state index contributed by atoms with van der Waals surface area (Å²) in [6, 6.07) is 47.2. The maximum Gasteiger partial charge on any atom is 3.00 e. The molecular formula is C36H27MnO6. The molecule has 0 radical (unpaired) electrons.